The average Bonchev–Trinajstić information content (AvgIpc) is 2.44. The Morgan fingerprint density at radius 1 is 1.35 bits per heavy atom. The smallest absolute Gasteiger partial charge is 0.252 e. The van der Waals surface area contributed by atoms with E-state index >= 15 is 0 Å². The molecule has 1 amide bonds. The van der Waals surface area contributed by atoms with Crippen LogP contribution in [0.4, 0.5) is 5.69 Å². The summed E-state index contributed by atoms with van der Waals surface area (Å²) >= 11 is 5.99. The molecule has 1 aliphatic carbocycles. The van der Waals surface area contributed by atoms with E-state index in [4.69, 9.17) is 22.1 Å². The highest BCUT2D eigenvalue weighted by Crippen LogP contribution is 2.20. The van der Waals surface area contributed by atoms with Gasteiger partial charge in [-0.15, -0.1) is 0 Å². The maximum absolute atomic E-state index is 11.9. The first-order chi connectivity index (χ1) is 9.66. The molecule has 0 saturated heterocycles. The highest BCUT2D eigenvalue weighted by Gasteiger charge is 2.14. The van der Waals surface area contributed by atoms with Crippen molar-refractivity contribution in [1.29, 1.82) is 0 Å². The summed E-state index contributed by atoms with van der Waals surface area (Å²) in [5.74, 6) is -0.192. The first-order valence-electron chi connectivity index (χ1n) is 7.11. The summed E-state index contributed by atoms with van der Waals surface area (Å²) in [6, 6.07) is 4.88. The maximum Gasteiger partial charge on any atom is 0.252 e. The Bertz CT molecular complexity index is 459. The second kappa shape index (κ2) is 7.50. The fourth-order valence-electron chi connectivity index (χ4n) is 2.43. The minimum absolute atomic E-state index is 0.192. The molecule has 1 aromatic rings. The van der Waals surface area contributed by atoms with Gasteiger partial charge in [0.25, 0.3) is 5.91 Å². The molecule has 0 spiro atoms. The van der Waals surface area contributed by atoms with E-state index in [1.54, 1.807) is 18.2 Å². The van der Waals surface area contributed by atoms with Crippen molar-refractivity contribution in [3.8, 4) is 0 Å². The predicted octanol–water partition coefficient (Wildman–Crippen LogP) is 3.00. The second-order valence-corrected chi connectivity index (χ2v) is 5.53. The minimum atomic E-state index is -0.192. The molecule has 110 valence electrons. The highest BCUT2D eigenvalue weighted by atomic mass is 35.5. The number of nitrogen functional groups attached to an aromatic ring is 1. The van der Waals surface area contributed by atoms with E-state index < -0.39 is 0 Å². The van der Waals surface area contributed by atoms with Crippen molar-refractivity contribution in [2.75, 3.05) is 18.9 Å². The van der Waals surface area contributed by atoms with Crippen LogP contribution < -0.4 is 11.1 Å². The number of hydrogen-bond acceptors (Lipinski definition) is 3. The first-order valence-corrected chi connectivity index (χ1v) is 7.49. The van der Waals surface area contributed by atoms with Gasteiger partial charge in [-0.3, -0.25) is 4.79 Å². The van der Waals surface area contributed by atoms with Gasteiger partial charge in [0.15, 0.2) is 0 Å². The number of ether oxygens (including phenoxy) is 1. The first kappa shape index (κ1) is 15.1. The molecule has 1 aromatic carbocycles. The molecular weight excluding hydrogens is 276 g/mol. The number of rotatable bonds is 5. The molecule has 5 heteroatoms. The maximum atomic E-state index is 11.9. The van der Waals surface area contributed by atoms with Crippen molar-refractivity contribution in [3.63, 3.8) is 0 Å². The van der Waals surface area contributed by atoms with Crippen molar-refractivity contribution < 1.29 is 9.53 Å². The van der Waals surface area contributed by atoms with Crippen LogP contribution in [0.5, 0.6) is 0 Å². The van der Waals surface area contributed by atoms with Crippen LogP contribution in [-0.2, 0) is 4.74 Å². The van der Waals surface area contributed by atoms with Crippen molar-refractivity contribution in [1.82, 2.24) is 5.32 Å². The molecule has 1 aliphatic rings. The molecule has 0 aromatic heterocycles. The molecule has 0 atom stereocenters. The summed E-state index contributed by atoms with van der Waals surface area (Å²) in [6.45, 7) is 1.04. The van der Waals surface area contributed by atoms with Gasteiger partial charge in [-0.2, -0.15) is 0 Å². The minimum Gasteiger partial charge on any atom is -0.399 e. The van der Waals surface area contributed by atoms with Gasteiger partial charge in [0.1, 0.15) is 0 Å². The van der Waals surface area contributed by atoms with Crippen LogP contribution in [0, 0.1) is 0 Å². The predicted molar refractivity (Wildman–Crippen MR) is 81.0 cm³/mol. The molecule has 2 rings (SSSR count). The van der Waals surface area contributed by atoms with E-state index in [9.17, 15) is 4.79 Å². The van der Waals surface area contributed by atoms with Crippen LogP contribution >= 0.6 is 11.6 Å². The molecule has 0 unspecified atom stereocenters. The van der Waals surface area contributed by atoms with Gasteiger partial charge in [0.05, 0.1) is 23.3 Å². The van der Waals surface area contributed by atoms with Crippen LogP contribution in [0.1, 0.15) is 42.5 Å². The van der Waals surface area contributed by atoms with Gasteiger partial charge in [-0.25, -0.2) is 0 Å². The van der Waals surface area contributed by atoms with Crippen LogP contribution in [0.25, 0.3) is 0 Å². The zero-order chi connectivity index (χ0) is 14.4. The second-order valence-electron chi connectivity index (χ2n) is 5.13. The van der Waals surface area contributed by atoms with Crippen molar-refractivity contribution >= 4 is 23.2 Å². The van der Waals surface area contributed by atoms with Gasteiger partial charge in [-0.1, -0.05) is 30.9 Å². The molecular formula is C15H21ClN2O2. The van der Waals surface area contributed by atoms with E-state index in [-0.39, 0.29) is 5.91 Å². The van der Waals surface area contributed by atoms with Crippen LogP contribution in [-0.4, -0.2) is 25.2 Å². The number of halogens is 1. The molecule has 1 saturated carbocycles. The number of nitrogens with two attached hydrogens (primary N) is 1. The Balaban J connectivity index is 1.72. The van der Waals surface area contributed by atoms with E-state index in [0.29, 0.717) is 35.5 Å². The number of carbonyl (C=O) groups is 1. The Kier molecular flexibility index (Phi) is 5.68. The lowest BCUT2D eigenvalue weighted by molar-refractivity contribution is 0.0299. The number of anilines is 1. The van der Waals surface area contributed by atoms with Gasteiger partial charge < -0.3 is 15.8 Å². The third kappa shape index (κ3) is 4.39. The zero-order valence-corrected chi connectivity index (χ0v) is 12.3. The highest BCUT2D eigenvalue weighted by molar-refractivity contribution is 6.34. The van der Waals surface area contributed by atoms with Crippen molar-refractivity contribution in [3.05, 3.63) is 28.8 Å². The SMILES string of the molecule is Nc1ccc(C(=O)NCCOC2CCCCC2)c(Cl)c1. The van der Waals surface area contributed by atoms with Gasteiger partial charge >= 0.3 is 0 Å². The number of amides is 1. The quantitative estimate of drug-likeness (QED) is 0.648. The largest absolute Gasteiger partial charge is 0.399 e. The van der Waals surface area contributed by atoms with E-state index in [0.717, 1.165) is 12.8 Å². The summed E-state index contributed by atoms with van der Waals surface area (Å²) in [5.41, 5.74) is 6.59. The molecule has 0 heterocycles. The molecule has 0 bridgehead atoms. The van der Waals surface area contributed by atoms with E-state index in [2.05, 4.69) is 5.32 Å². The van der Waals surface area contributed by atoms with E-state index in [1.807, 2.05) is 0 Å². The van der Waals surface area contributed by atoms with Gasteiger partial charge in [0.2, 0.25) is 0 Å². The topological polar surface area (TPSA) is 64.4 Å². The summed E-state index contributed by atoms with van der Waals surface area (Å²) in [5, 5.41) is 3.18. The Morgan fingerprint density at radius 2 is 2.10 bits per heavy atom. The normalized spacial score (nSPS) is 16.1. The summed E-state index contributed by atoms with van der Waals surface area (Å²) in [4.78, 5) is 11.9. The van der Waals surface area contributed by atoms with Gasteiger partial charge in [0, 0.05) is 12.2 Å². The molecule has 3 N–H and O–H groups in total. The standard InChI is InChI=1S/C15H21ClN2O2/c16-14-10-11(17)6-7-13(14)15(19)18-8-9-20-12-4-2-1-3-5-12/h6-7,10,12H,1-5,8-9,17H2,(H,18,19). The van der Waals surface area contributed by atoms with E-state index in [1.165, 1.54) is 19.3 Å². The molecule has 0 aliphatic heterocycles. The number of nitrogens with one attached hydrogen (secondary N) is 1. The molecule has 0 radical (unpaired) electrons. The third-order valence-corrected chi connectivity index (χ3v) is 3.84. The summed E-state index contributed by atoms with van der Waals surface area (Å²) < 4.78 is 5.75. The lowest BCUT2D eigenvalue weighted by Gasteiger charge is -2.22. The summed E-state index contributed by atoms with van der Waals surface area (Å²) in [7, 11) is 0. The molecule has 4 nitrogen and oxygen atoms in total. The lowest BCUT2D eigenvalue weighted by atomic mass is 9.98. The Labute approximate surface area is 124 Å². The average molecular weight is 297 g/mol. The number of benzene rings is 1. The Morgan fingerprint density at radius 3 is 2.80 bits per heavy atom. The lowest BCUT2D eigenvalue weighted by Crippen LogP contribution is -2.29. The van der Waals surface area contributed by atoms with Crippen molar-refractivity contribution in [2.45, 2.75) is 38.2 Å². The fraction of sp³-hybridized carbons (Fsp3) is 0.533. The number of carbonyl (C=O) groups excluding carboxylic acids is 1. The van der Waals surface area contributed by atoms with Crippen LogP contribution in [0.3, 0.4) is 0 Å². The monoisotopic (exact) mass is 296 g/mol. The third-order valence-electron chi connectivity index (χ3n) is 3.53. The fourth-order valence-corrected chi connectivity index (χ4v) is 2.71. The number of hydrogen-bond donors (Lipinski definition) is 2. The molecule has 20 heavy (non-hydrogen) atoms. The zero-order valence-electron chi connectivity index (χ0n) is 11.5. The van der Waals surface area contributed by atoms with Crippen LogP contribution in [0.15, 0.2) is 18.2 Å². The summed E-state index contributed by atoms with van der Waals surface area (Å²) in [6.07, 6.45) is 6.44. The van der Waals surface area contributed by atoms with Crippen LogP contribution in [0.2, 0.25) is 5.02 Å². The Hall–Kier alpha value is -1.26. The van der Waals surface area contributed by atoms with Crippen molar-refractivity contribution in [2.24, 2.45) is 0 Å². The van der Waals surface area contributed by atoms with Gasteiger partial charge in [-0.05, 0) is 31.0 Å². The molecule has 1 fully saturated rings.